The molecule has 2 N–H and O–H groups in total. The highest BCUT2D eigenvalue weighted by Crippen LogP contribution is 2.23. The van der Waals surface area contributed by atoms with Crippen LogP contribution >= 0.6 is 0 Å². The van der Waals surface area contributed by atoms with Gasteiger partial charge in [0.05, 0.1) is 0 Å². The zero-order valence-corrected chi connectivity index (χ0v) is 15.5. The number of guanidine groups is 1. The first-order chi connectivity index (χ1) is 11.6. The smallest absolute Gasteiger partial charge is 0.194 e. The fourth-order valence-corrected chi connectivity index (χ4v) is 2.96. The van der Waals surface area contributed by atoms with E-state index in [0.717, 1.165) is 38.7 Å². The summed E-state index contributed by atoms with van der Waals surface area (Å²) < 4.78 is 0. The number of piperazine rings is 1. The molecule has 134 valence electrons. The highest BCUT2D eigenvalue weighted by Gasteiger charge is 2.21. The van der Waals surface area contributed by atoms with Gasteiger partial charge in [-0.1, -0.05) is 19.1 Å². The van der Waals surface area contributed by atoms with Crippen LogP contribution in [-0.2, 0) is 0 Å². The lowest BCUT2D eigenvalue weighted by Crippen LogP contribution is -2.52. The van der Waals surface area contributed by atoms with Gasteiger partial charge in [0, 0.05) is 51.6 Å². The lowest BCUT2D eigenvalue weighted by atomic mass is 10.1. The van der Waals surface area contributed by atoms with Crippen molar-refractivity contribution in [1.82, 2.24) is 10.2 Å². The molecule has 1 atom stereocenters. The molecule has 2 rings (SSSR count). The van der Waals surface area contributed by atoms with Crippen LogP contribution in [-0.4, -0.2) is 61.8 Å². The number of nitrogens with one attached hydrogen (secondary N) is 1. The number of anilines is 1. The molecule has 0 spiro atoms. The first-order valence-corrected chi connectivity index (χ1v) is 9.02. The second kappa shape index (κ2) is 8.92. The molecule has 1 fully saturated rings. The monoisotopic (exact) mass is 332 g/mol. The molecule has 1 aliphatic heterocycles. The Labute approximate surface area is 146 Å². The van der Waals surface area contributed by atoms with E-state index in [1.807, 2.05) is 6.92 Å². The third kappa shape index (κ3) is 4.63. The zero-order chi connectivity index (χ0) is 17.5. The molecule has 0 bridgehead atoms. The molecule has 5 nitrogen and oxygen atoms in total. The number of hydrogen-bond acceptors (Lipinski definition) is 3. The molecule has 1 aromatic carbocycles. The fraction of sp³-hybridized carbons (Fsp3) is 0.632. The summed E-state index contributed by atoms with van der Waals surface area (Å²) in [5.41, 5.74) is 4.08. The van der Waals surface area contributed by atoms with E-state index in [1.165, 1.54) is 16.8 Å². The van der Waals surface area contributed by atoms with Gasteiger partial charge in [0.2, 0.25) is 0 Å². The van der Waals surface area contributed by atoms with Crippen molar-refractivity contribution in [2.75, 3.05) is 50.8 Å². The van der Waals surface area contributed by atoms with E-state index in [0.29, 0.717) is 6.54 Å². The van der Waals surface area contributed by atoms with Crippen LogP contribution in [0.2, 0.25) is 0 Å². The molecule has 1 saturated heterocycles. The van der Waals surface area contributed by atoms with Crippen molar-refractivity contribution in [3.63, 3.8) is 0 Å². The molecule has 0 saturated carbocycles. The quantitative estimate of drug-likeness (QED) is 0.640. The SMILES string of the molecule is CCNC(=NCC(C)CO)N1CCN(c2cccc(C)c2C)CC1. The van der Waals surface area contributed by atoms with Crippen LogP contribution in [0.25, 0.3) is 0 Å². The van der Waals surface area contributed by atoms with Gasteiger partial charge in [0.1, 0.15) is 0 Å². The minimum absolute atomic E-state index is 0.184. The summed E-state index contributed by atoms with van der Waals surface area (Å²) in [5, 5.41) is 12.6. The Kier molecular flexibility index (Phi) is 6.91. The molecule has 5 heteroatoms. The molecule has 0 aromatic heterocycles. The van der Waals surface area contributed by atoms with E-state index < -0.39 is 0 Å². The van der Waals surface area contributed by atoms with Crippen molar-refractivity contribution in [3.05, 3.63) is 29.3 Å². The lowest BCUT2D eigenvalue weighted by Gasteiger charge is -2.38. The van der Waals surface area contributed by atoms with Crippen LogP contribution in [0.4, 0.5) is 5.69 Å². The van der Waals surface area contributed by atoms with E-state index in [-0.39, 0.29) is 12.5 Å². The standard InChI is InChI=1S/C19H32N4O/c1-5-20-19(21-13-15(2)14-24)23-11-9-22(10-12-23)18-8-6-7-16(3)17(18)4/h6-8,15,24H,5,9-14H2,1-4H3,(H,20,21). The maximum absolute atomic E-state index is 9.19. The van der Waals surface area contributed by atoms with E-state index in [4.69, 9.17) is 4.99 Å². The third-order valence-corrected chi connectivity index (χ3v) is 4.70. The number of aryl methyl sites for hydroxylation is 1. The molecule has 1 aromatic rings. The van der Waals surface area contributed by atoms with Crippen LogP contribution in [0, 0.1) is 19.8 Å². The van der Waals surface area contributed by atoms with Crippen molar-refractivity contribution in [2.24, 2.45) is 10.9 Å². The average molecular weight is 332 g/mol. The summed E-state index contributed by atoms with van der Waals surface area (Å²) in [6.45, 7) is 14.1. The van der Waals surface area contributed by atoms with Crippen molar-refractivity contribution in [3.8, 4) is 0 Å². The first kappa shape index (κ1) is 18.6. The Hall–Kier alpha value is -1.75. The predicted octanol–water partition coefficient (Wildman–Crippen LogP) is 2.02. The molecule has 1 heterocycles. The molecule has 0 radical (unpaired) electrons. The van der Waals surface area contributed by atoms with Crippen molar-refractivity contribution in [2.45, 2.75) is 27.7 Å². The van der Waals surface area contributed by atoms with E-state index in [1.54, 1.807) is 0 Å². The number of aliphatic hydroxyl groups is 1. The van der Waals surface area contributed by atoms with E-state index >= 15 is 0 Å². The zero-order valence-electron chi connectivity index (χ0n) is 15.5. The highest BCUT2D eigenvalue weighted by atomic mass is 16.3. The van der Waals surface area contributed by atoms with Crippen molar-refractivity contribution < 1.29 is 5.11 Å². The summed E-state index contributed by atoms with van der Waals surface area (Å²) in [7, 11) is 0. The topological polar surface area (TPSA) is 51.1 Å². The molecule has 0 aliphatic carbocycles. The van der Waals surface area contributed by atoms with Crippen LogP contribution in [0.1, 0.15) is 25.0 Å². The predicted molar refractivity (Wildman–Crippen MR) is 102 cm³/mol. The number of benzene rings is 1. The van der Waals surface area contributed by atoms with Gasteiger partial charge < -0.3 is 20.2 Å². The second-order valence-corrected chi connectivity index (χ2v) is 6.68. The Morgan fingerprint density at radius 3 is 2.58 bits per heavy atom. The number of nitrogens with zero attached hydrogens (tertiary/aromatic N) is 3. The van der Waals surface area contributed by atoms with Crippen LogP contribution in [0.3, 0.4) is 0 Å². The maximum Gasteiger partial charge on any atom is 0.194 e. The minimum atomic E-state index is 0.184. The Bertz CT molecular complexity index is 550. The van der Waals surface area contributed by atoms with Crippen molar-refractivity contribution in [1.29, 1.82) is 0 Å². The van der Waals surface area contributed by atoms with Gasteiger partial charge in [0.25, 0.3) is 0 Å². The average Bonchev–Trinajstić information content (AvgIpc) is 2.61. The fourth-order valence-electron chi connectivity index (χ4n) is 2.96. The van der Waals surface area contributed by atoms with E-state index in [2.05, 4.69) is 54.1 Å². The second-order valence-electron chi connectivity index (χ2n) is 6.68. The number of aliphatic hydroxyl groups excluding tert-OH is 1. The van der Waals surface area contributed by atoms with Crippen LogP contribution in [0.15, 0.2) is 23.2 Å². The van der Waals surface area contributed by atoms with Gasteiger partial charge in [-0.2, -0.15) is 0 Å². The molecular weight excluding hydrogens is 300 g/mol. The van der Waals surface area contributed by atoms with Crippen molar-refractivity contribution >= 4 is 11.6 Å². The van der Waals surface area contributed by atoms with Gasteiger partial charge in [-0.25, -0.2) is 0 Å². The van der Waals surface area contributed by atoms with Gasteiger partial charge >= 0.3 is 0 Å². The molecule has 1 unspecified atom stereocenters. The highest BCUT2D eigenvalue weighted by molar-refractivity contribution is 5.80. The summed E-state index contributed by atoms with van der Waals surface area (Å²) >= 11 is 0. The first-order valence-electron chi connectivity index (χ1n) is 9.02. The van der Waals surface area contributed by atoms with Gasteiger partial charge in [0.15, 0.2) is 5.96 Å². The van der Waals surface area contributed by atoms with Crippen LogP contribution < -0.4 is 10.2 Å². The largest absolute Gasteiger partial charge is 0.396 e. The summed E-state index contributed by atoms with van der Waals surface area (Å²) in [4.78, 5) is 9.49. The maximum atomic E-state index is 9.19. The Balaban J connectivity index is 2.00. The molecular formula is C19H32N4O. The van der Waals surface area contributed by atoms with Gasteiger partial charge in [-0.3, -0.25) is 4.99 Å². The minimum Gasteiger partial charge on any atom is -0.396 e. The third-order valence-electron chi connectivity index (χ3n) is 4.70. The number of rotatable bonds is 5. The Morgan fingerprint density at radius 1 is 1.25 bits per heavy atom. The summed E-state index contributed by atoms with van der Waals surface area (Å²) in [5.74, 6) is 1.17. The van der Waals surface area contributed by atoms with Gasteiger partial charge in [-0.05, 0) is 43.9 Å². The Morgan fingerprint density at radius 2 is 1.96 bits per heavy atom. The van der Waals surface area contributed by atoms with Gasteiger partial charge in [-0.15, -0.1) is 0 Å². The van der Waals surface area contributed by atoms with E-state index in [9.17, 15) is 5.11 Å². The molecule has 24 heavy (non-hydrogen) atoms. The van der Waals surface area contributed by atoms with Crippen LogP contribution in [0.5, 0.6) is 0 Å². The molecule has 0 amide bonds. The normalized spacial score (nSPS) is 17.1. The molecule has 1 aliphatic rings. The summed E-state index contributed by atoms with van der Waals surface area (Å²) in [6, 6.07) is 6.54. The summed E-state index contributed by atoms with van der Waals surface area (Å²) in [6.07, 6.45) is 0. The lowest BCUT2D eigenvalue weighted by molar-refractivity contribution is 0.241. The number of hydrogen-bond donors (Lipinski definition) is 2. The number of aliphatic imine (C=N–C) groups is 1.